The Bertz CT molecular complexity index is 467. The first-order chi connectivity index (χ1) is 11.3. The molecule has 0 bridgehead atoms. The minimum absolute atomic E-state index is 0.414. The lowest BCUT2D eigenvalue weighted by atomic mass is 10.0. The number of anilines is 1. The number of aromatic nitrogens is 1. The summed E-state index contributed by atoms with van der Waals surface area (Å²) in [4.78, 5) is 4.67. The Kier molecular flexibility index (Phi) is 7.74. The molecule has 130 valence electrons. The van der Waals surface area contributed by atoms with Gasteiger partial charge in [-0.3, -0.25) is 0 Å². The van der Waals surface area contributed by atoms with Gasteiger partial charge in [0.25, 0.3) is 0 Å². The van der Waals surface area contributed by atoms with Gasteiger partial charge in [0.15, 0.2) is 0 Å². The monoisotopic (exact) mass is 323 g/mol. The molecule has 23 heavy (non-hydrogen) atoms. The molecule has 3 heterocycles. The summed E-state index contributed by atoms with van der Waals surface area (Å²) in [6.45, 7) is 3.74. The van der Waals surface area contributed by atoms with Gasteiger partial charge in [0.05, 0.1) is 0 Å². The number of hydrogen-bond acceptors (Lipinski definition) is 6. The number of methoxy groups -OCH3 is 2. The topological polar surface area (TPSA) is 64.6 Å². The third kappa shape index (κ3) is 5.14. The Morgan fingerprint density at radius 1 is 1.26 bits per heavy atom. The minimum atomic E-state index is -0.414. The number of rotatable bonds is 5. The van der Waals surface area contributed by atoms with Crippen molar-refractivity contribution >= 4 is 5.82 Å². The SMILES string of the molecule is C1CCOC1.CNCc1cc2c(nc1C(OC)OC)NCCC2. The zero-order chi connectivity index (χ0) is 16.5. The third-order valence-electron chi connectivity index (χ3n) is 3.98. The van der Waals surface area contributed by atoms with Crippen molar-refractivity contribution in [2.24, 2.45) is 0 Å². The predicted octanol–water partition coefficient (Wildman–Crippen LogP) is 2.25. The van der Waals surface area contributed by atoms with Crippen LogP contribution in [-0.4, -0.2) is 46.0 Å². The molecule has 0 aromatic carbocycles. The van der Waals surface area contributed by atoms with Crippen molar-refractivity contribution in [3.63, 3.8) is 0 Å². The molecule has 2 aliphatic heterocycles. The van der Waals surface area contributed by atoms with E-state index in [0.29, 0.717) is 0 Å². The van der Waals surface area contributed by atoms with Gasteiger partial charge in [-0.15, -0.1) is 0 Å². The number of hydrogen-bond donors (Lipinski definition) is 2. The van der Waals surface area contributed by atoms with Crippen LogP contribution >= 0.6 is 0 Å². The van der Waals surface area contributed by atoms with Crippen LogP contribution < -0.4 is 10.6 Å². The van der Waals surface area contributed by atoms with E-state index in [4.69, 9.17) is 14.2 Å². The number of aryl methyl sites for hydroxylation is 1. The van der Waals surface area contributed by atoms with Crippen molar-refractivity contribution < 1.29 is 14.2 Å². The summed E-state index contributed by atoms with van der Waals surface area (Å²) < 4.78 is 15.6. The molecule has 2 N–H and O–H groups in total. The van der Waals surface area contributed by atoms with Crippen molar-refractivity contribution in [3.8, 4) is 0 Å². The minimum Gasteiger partial charge on any atom is -0.381 e. The van der Waals surface area contributed by atoms with Crippen LogP contribution in [0.3, 0.4) is 0 Å². The van der Waals surface area contributed by atoms with E-state index in [-0.39, 0.29) is 0 Å². The highest BCUT2D eigenvalue weighted by atomic mass is 16.7. The van der Waals surface area contributed by atoms with Gasteiger partial charge >= 0.3 is 0 Å². The quantitative estimate of drug-likeness (QED) is 0.810. The van der Waals surface area contributed by atoms with E-state index in [1.54, 1.807) is 14.2 Å². The Morgan fingerprint density at radius 2 is 2.00 bits per heavy atom. The lowest BCUT2D eigenvalue weighted by Gasteiger charge is -2.23. The van der Waals surface area contributed by atoms with Crippen molar-refractivity contribution in [1.82, 2.24) is 10.3 Å². The fourth-order valence-corrected chi connectivity index (χ4v) is 2.81. The molecule has 1 aromatic rings. The van der Waals surface area contributed by atoms with Crippen LogP contribution in [-0.2, 0) is 27.2 Å². The standard InChI is InChI=1S/C13H21N3O2.C4H8O/c1-14-8-10-7-9-5-4-6-15-12(9)16-11(10)13(17-2)18-3;1-2-4-5-3-1/h7,13-14H,4-6,8H2,1-3H3,(H,15,16);1-4H2. The molecule has 3 rings (SSSR count). The van der Waals surface area contributed by atoms with E-state index < -0.39 is 6.29 Å². The first kappa shape index (κ1) is 18.1. The fraction of sp³-hybridized carbons (Fsp3) is 0.706. The van der Waals surface area contributed by atoms with E-state index in [1.807, 2.05) is 7.05 Å². The van der Waals surface area contributed by atoms with Gasteiger partial charge in [0.1, 0.15) is 11.5 Å². The highest BCUT2D eigenvalue weighted by Crippen LogP contribution is 2.27. The molecular weight excluding hydrogens is 294 g/mol. The third-order valence-corrected chi connectivity index (χ3v) is 3.98. The Balaban J connectivity index is 0.000000326. The van der Waals surface area contributed by atoms with Gasteiger partial charge in [-0.05, 0) is 49.9 Å². The first-order valence-electron chi connectivity index (χ1n) is 8.34. The van der Waals surface area contributed by atoms with Crippen molar-refractivity contribution in [2.45, 2.75) is 38.5 Å². The molecule has 1 fully saturated rings. The average molecular weight is 323 g/mol. The zero-order valence-electron chi connectivity index (χ0n) is 14.5. The lowest BCUT2D eigenvalue weighted by molar-refractivity contribution is -0.109. The first-order valence-corrected chi connectivity index (χ1v) is 8.34. The largest absolute Gasteiger partial charge is 0.381 e. The maximum Gasteiger partial charge on any atom is 0.200 e. The molecule has 0 saturated carbocycles. The molecule has 2 aliphatic rings. The molecular formula is C17H29N3O3. The summed E-state index contributed by atoms with van der Waals surface area (Å²) in [6.07, 6.45) is 4.38. The summed E-state index contributed by atoms with van der Waals surface area (Å²) in [5.41, 5.74) is 3.26. The Morgan fingerprint density at radius 3 is 2.57 bits per heavy atom. The smallest absolute Gasteiger partial charge is 0.200 e. The molecule has 0 spiro atoms. The van der Waals surface area contributed by atoms with Crippen LogP contribution in [0.2, 0.25) is 0 Å². The number of ether oxygens (including phenoxy) is 3. The lowest BCUT2D eigenvalue weighted by Crippen LogP contribution is -2.20. The summed E-state index contributed by atoms with van der Waals surface area (Å²) >= 11 is 0. The van der Waals surface area contributed by atoms with Crippen molar-refractivity contribution in [1.29, 1.82) is 0 Å². The molecule has 0 atom stereocenters. The summed E-state index contributed by atoms with van der Waals surface area (Å²) in [6, 6.07) is 2.20. The van der Waals surface area contributed by atoms with Gasteiger partial charge in [-0.25, -0.2) is 4.98 Å². The molecule has 6 heteroatoms. The van der Waals surface area contributed by atoms with Crippen LogP contribution in [0, 0.1) is 0 Å². The van der Waals surface area contributed by atoms with E-state index in [9.17, 15) is 0 Å². The van der Waals surface area contributed by atoms with Gasteiger partial charge in [0, 0.05) is 40.5 Å². The van der Waals surface area contributed by atoms with E-state index in [2.05, 4.69) is 21.7 Å². The molecule has 0 amide bonds. The molecule has 1 aromatic heterocycles. The Hall–Kier alpha value is -1.21. The van der Waals surface area contributed by atoms with Gasteiger partial charge in [-0.2, -0.15) is 0 Å². The zero-order valence-corrected chi connectivity index (χ0v) is 14.5. The van der Waals surface area contributed by atoms with Crippen molar-refractivity contribution in [2.75, 3.05) is 46.3 Å². The molecule has 1 saturated heterocycles. The number of nitrogens with one attached hydrogen (secondary N) is 2. The van der Waals surface area contributed by atoms with Crippen LogP contribution in [0.25, 0.3) is 0 Å². The number of nitrogens with zero attached hydrogens (tertiary/aromatic N) is 1. The van der Waals surface area contributed by atoms with Crippen LogP contribution in [0.1, 0.15) is 42.4 Å². The maximum atomic E-state index is 5.32. The number of fused-ring (bicyclic) bond motifs is 1. The molecule has 6 nitrogen and oxygen atoms in total. The summed E-state index contributed by atoms with van der Waals surface area (Å²) in [5.74, 6) is 0.968. The summed E-state index contributed by atoms with van der Waals surface area (Å²) in [5, 5.41) is 6.50. The highest BCUT2D eigenvalue weighted by Gasteiger charge is 2.20. The second-order valence-corrected chi connectivity index (χ2v) is 5.72. The van der Waals surface area contributed by atoms with E-state index >= 15 is 0 Å². The number of pyridine rings is 1. The van der Waals surface area contributed by atoms with Crippen LogP contribution in [0.4, 0.5) is 5.82 Å². The van der Waals surface area contributed by atoms with Gasteiger partial charge in [-0.1, -0.05) is 0 Å². The Labute approximate surface area is 138 Å². The second-order valence-electron chi connectivity index (χ2n) is 5.72. The molecule has 0 radical (unpaired) electrons. The molecule has 0 unspecified atom stereocenters. The van der Waals surface area contributed by atoms with E-state index in [1.165, 1.54) is 18.4 Å². The van der Waals surface area contributed by atoms with Crippen LogP contribution in [0.15, 0.2) is 6.07 Å². The normalized spacial score (nSPS) is 16.5. The van der Waals surface area contributed by atoms with Crippen molar-refractivity contribution in [3.05, 3.63) is 22.9 Å². The van der Waals surface area contributed by atoms with Gasteiger partial charge in [0.2, 0.25) is 6.29 Å². The maximum absolute atomic E-state index is 5.32. The second kappa shape index (κ2) is 9.82. The fourth-order valence-electron chi connectivity index (χ4n) is 2.81. The highest BCUT2D eigenvalue weighted by molar-refractivity contribution is 5.49. The van der Waals surface area contributed by atoms with E-state index in [0.717, 1.165) is 56.2 Å². The summed E-state index contributed by atoms with van der Waals surface area (Å²) in [7, 11) is 5.19. The predicted molar refractivity (Wildman–Crippen MR) is 90.6 cm³/mol. The van der Waals surface area contributed by atoms with Gasteiger partial charge < -0.3 is 24.8 Å². The molecule has 0 aliphatic carbocycles. The average Bonchev–Trinajstić information content (AvgIpc) is 3.16. The van der Waals surface area contributed by atoms with Crippen LogP contribution in [0.5, 0.6) is 0 Å².